The lowest BCUT2D eigenvalue weighted by Crippen LogP contribution is -2.31. The van der Waals surface area contributed by atoms with Gasteiger partial charge in [0.2, 0.25) is 0 Å². The van der Waals surface area contributed by atoms with Gasteiger partial charge in [-0.25, -0.2) is 9.78 Å². The van der Waals surface area contributed by atoms with Crippen LogP contribution in [0.2, 0.25) is 5.02 Å². The highest BCUT2D eigenvalue weighted by Crippen LogP contribution is 2.36. The van der Waals surface area contributed by atoms with Gasteiger partial charge in [0, 0.05) is 41.7 Å². The van der Waals surface area contributed by atoms with Gasteiger partial charge in [0.25, 0.3) is 5.69 Å². The SMILES string of the molecule is CCN1C/C(=C/c2ccc(-c3ccc([N+](=O)[O-])cc3Cl)o2)c2nc3ccccc3c(C(=O)O)c2C1. The summed E-state index contributed by atoms with van der Waals surface area (Å²) in [6, 6.07) is 15.0. The largest absolute Gasteiger partial charge is 0.478 e. The number of likely N-dealkylation sites (N-methyl/N-ethyl adjacent to an activating group) is 1. The molecule has 0 unspecified atom stereocenters. The molecule has 0 bridgehead atoms. The molecule has 35 heavy (non-hydrogen) atoms. The number of non-ortho nitro benzene ring substituents is 1. The van der Waals surface area contributed by atoms with E-state index in [4.69, 9.17) is 21.0 Å². The maximum absolute atomic E-state index is 12.3. The third kappa shape index (κ3) is 4.18. The molecule has 4 aromatic rings. The van der Waals surface area contributed by atoms with Gasteiger partial charge in [-0.15, -0.1) is 0 Å². The molecule has 9 heteroatoms. The van der Waals surface area contributed by atoms with Gasteiger partial charge in [0.1, 0.15) is 11.5 Å². The fraction of sp³-hybridized carbons (Fsp3) is 0.154. The van der Waals surface area contributed by atoms with E-state index in [0.717, 1.165) is 12.1 Å². The summed E-state index contributed by atoms with van der Waals surface area (Å²) in [5.74, 6) is 0.0308. The average Bonchev–Trinajstić information content (AvgIpc) is 3.30. The van der Waals surface area contributed by atoms with Gasteiger partial charge in [0.05, 0.1) is 26.7 Å². The van der Waals surface area contributed by atoms with E-state index in [9.17, 15) is 20.0 Å². The van der Waals surface area contributed by atoms with E-state index in [-0.39, 0.29) is 16.3 Å². The Bertz CT molecular complexity index is 1520. The van der Waals surface area contributed by atoms with E-state index < -0.39 is 10.9 Å². The van der Waals surface area contributed by atoms with Gasteiger partial charge in [-0.05, 0) is 42.5 Å². The molecule has 0 spiro atoms. The number of para-hydroxylation sites is 1. The van der Waals surface area contributed by atoms with Crippen molar-refractivity contribution in [2.75, 3.05) is 13.1 Å². The molecule has 0 amide bonds. The highest BCUT2D eigenvalue weighted by Gasteiger charge is 2.28. The molecule has 0 radical (unpaired) electrons. The minimum Gasteiger partial charge on any atom is -0.478 e. The zero-order chi connectivity index (χ0) is 24.7. The monoisotopic (exact) mass is 489 g/mol. The molecule has 0 fully saturated rings. The molecule has 1 aliphatic rings. The van der Waals surface area contributed by atoms with Gasteiger partial charge in [-0.3, -0.25) is 15.0 Å². The minimum absolute atomic E-state index is 0.0985. The van der Waals surface area contributed by atoms with Crippen molar-refractivity contribution in [2.45, 2.75) is 13.5 Å². The number of nitro groups is 1. The number of hydrogen-bond acceptors (Lipinski definition) is 6. The van der Waals surface area contributed by atoms with Crippen LogP contribution in [0.25, 0.3) is 33.9 Å². The van der Waals surface area contributed by atoms with Crippen LogP contribution in [0.5, 0.6) is 0 Å². The maximum Gasteiger partial charge on any atom is 0.336 e. The quantitative estimate of drug-likeness (QED) is 0.265. The second-order valence-electron chi connectivity index (χ2n) is 8.23. The fourth-order valence-electron chi connectivity index (χ4n) is 4.41. The van der Waals surface area contributed by atoms with Gasteiger partial charge in [0.15, 0.2) is 0 Å². The highest BCUT2D eigenvalue weighted by atomic mass is 35.5. The molecular formula is C26H20ClN3O5. The smallest absolute Gasteiger partial charge is 0.336 e. The third-order valence-corrected chi connectivity index (χ3v) is 6.42. The Morgan fingerprint density at radius 2 is 2.03 bits per heavy atom. The summed E-state index contributed by atoms with van der Waals surface area (Å²) in [7, 11) is 0. The average molecular weight is 490 g/mol. The number of halogens is 1. The predicted octanol–water partition coefficient (Wildman–Crippen LogP) is 6.13. The van der Waals surface area contributed by atoms with E-state index in [1.54, 1.807) is 24.3 Å². The third-order valence-electron chi connectivity index (χ3n) is 6.11. The van der Waals surface area contributed by atoms with E-state index in [1.807, 2.05) is 31.2 Å². The standard InChI is InChI=1S/C26H20ClN3O5/c1-2-29-13-15(25-20(14-29)24(26(31)32)19-5-3-4-6-22(19)28-25)11-17-8-10-23(35-17)18-9-7-16(30(33)34)12-21(18)27/h3-12H,2,13-14H2,1H3,(H,31,32)/b15-11-. The minimum atomic E-state index is -0.981. The summed E-state index contributed by atoms with van der Waals surface area (Å²) < 4.78 is 6.01. The number of aromatic nitrogens is 1. The van der Waals surface area contributed by atoms with Crippen LogP contribution >= 0.6 is 11.6 Å². The number of nitrogens with zero attached hydrogens (tertiary/aromatic N) is 3. The van der Waals surface area contributed by atoms with Crippen LogP contribution in [0.15, 0.2) is 59.0 Å². The summed E-state index contributed by atoms with van der Waals surface area (Å²) >= 11 is 6.26. The first kappa shape index (κ1) is 22.8. The maximum atomic E-state index is 12.3. The van der Waals surface area contributed by atoms with Crippen LogP contribution in [-0.2, 0) is 6.54 Å². The zero-order valence-corrected chi connectivity index (χ0v) is 19.5. The number of furan rings is 1. The Labute approximate surface area is 205 Å². The number of nitro benzene ring substituents is 1. The first-order valence-corrected chi connectivity index (χ1v) is 11.4. The molecule has 2 aromatic heterocycles. The Morgan fingerprint density at radius 1 is 1.23 bits per heavy atom. The molecule has 0 aliphatic carbocycles. The van der Waals surface area contributed by atoms with Crippen molar-refractivity contribution in [1.82, 2.24) is 9.88 Å². The topological polar surface area (TPSA) is 110 Å². The van der Waals surface area contributed by atoms with Crippen LogP contribution in [0.1, 0.15) is 34.3 Å². The lowest BCUT2D eigenvalue weighted by molar-refractivity contribution is -0.384. The molecule has 3 heterocycles. The summed E-state index contributed by atoms with van der Waals surface area (Å²) in [6.07, 6.45) is 1.86. The number of fused-ring (bicyclic) bond motifs is 2. The van der Waals surface area contributed by atoms with Crippen LogP contribution in [0.4, 0.5) is 5.69 Å². The highest BCUT2D eigenvalue weighted by molar-refractivity contribution is 6.33. The van der Waals surface area contributed by atoms with Crippen LogP contribution < -0.4 is 0 Å². The van der Waals surface area contributed by atoms with Crippen molar-refractivity contribution in [2.24, 2.45) is 0 Å². The van der Waals surface area contributed by atoms with Crippen molar-refractivity contribution >= 4 is 45.8 Å². The number of carboxylic acids is 1. The molecular weight excluding hydrogens is 470 g/mol. The van der Waals surface area contributed by atoms with Crippen molar-refractivity contribution in [3.63, 3.8) is 0 Å². The van der Waals surface area contributed by atoms with Gasteiger partial charge in [-0.2, -0.15) is 0 Å². The number of pyridine rings is 1. The molecule has 8 nitrogen and oxygen atoms in total. The molecule has 2 aromatic carbocycles. The van der Waals surface area contributed by atoms with Crippen molar-refractivity contribution in [3.8, 4) is 11.3 Å². The summed E-state index contributed by atoms with van der Waals surface area (Å²) in [4.78, 5) is 29.7. The zero-order valence-electron chi connectivity index (χ0n) is 18.7. The number of aromatic carboxylic acids is 1. The summed E-state index contributed by atoms with van der Waals surface area (Å²) in [5.41, 5.74) is 3.51. The van der Waals surface area contributed by atoms with E-state index >= 15 is 0 Å². The lowest BCUT2D eigenvalue weighted by Gasteiger charge is -2.30. The van der Waals surface area contributed by atoms with Crippen molar-refractivity contribution in [1.29, 1.82) is 0 Å². The van der Waals surface area contributed by atoms with E-state index in [1.165, 1.54) is 12.1 Å². The van der Waals surface area contributed by atoms with E-state index in [0.29, 0.717) is 52.3 Å². The molecule has 1 N–H and O–H groups in total. The first-order valence-electron chi connectivity index (χ1n) is 11.0. The molecule has 1 aliphatic heterocycles. The van der Waals surface area contributed by atoms with Crippen molar-refractivity contribution < 1.29 is 19.2 Å². The van der Waals surface area contributed by atoms with Gasteiger partial charge >= 0.3 is 5.97 Å². The Balaban J connectivity index is 1.61. The number of carboxylic acid groups (broad SMARTS) is 1. The predicted molar refractivity (Wildman–Crippen MR) is 133 cm³/mol. The summed E-state index contributed by atoms with van der Waals surface area (Å²) in [6.45, 7) is 3.84. The number of rotatable bonds is 5. The molecule has 176 valence electrons. The van der Waals surface area contributed by atoms with Crippen LogP contribution in [0.3, 0.4) is 0 Å². The second-order valence-corrected chi connectivity index (χ2v) is 8.64. The Hall–Kier alpha value is -4.01. The van der Waals surface area contributed by atoms with Crippen LogP contribution in [0, 0.1) is 10.1 Å². The van der Waals surface area contributed by atoms with Crippen LogP contribution in [-0.4, -0.2) is 39.0 Å². The first-order chi connectivity index (χ1) is 16.9. The molecule has 5 rings (SSSR count). The molecule has 0 atom stereocenters. The molecule has 0 saturated carbocycles. The summed E-state index contributed by atoms with van der Waals surface area (Å²) in [5, 5.41) is 21.9. The van der Waals surface area contributed by atoms with Gasteiger partial charge < -0.3 is 9.52 Å². The van der Waals surface area contributed by atoms with E-state index in [2.05, 4.69) is 4.90 Å². The number of hydrogen-bond donors (Lipinski definition) is 1. The lowest BCUT2D eigenvalue weighted by atomic mass is 9.92. The number of carbonyl (C=O) groups is 1. The Morgan fingerprint density at radius 3 is 2.74 bits per heavy atom. The number of benzene rings is 2. The van der Waals surface area contributed by atoms with Gasteiger partial charge in [-0.1, -0.05) is 36.7 Å². The fourth-order valence-corrected chi connectivity index (χ4v) is 4.68. The second kappa shape index (κ2) is 8.98. The normalized spacial score (nSPS) is 14.9. The Kier molecular flexibility index (Phi) is 5.84. The van der Waals surface area contributed by atoms with Crippen molar-refractivity contribution in [3.05, 3.63) is 92.3 Å². The molecule has 0 saturated heterocycles.